The SMILES string of the molecule is CC(C)=CNC(=O)N1CCCC(C)C1. The summed E-state index contributed by atoms with van der Waals surface area (Å²) in [6.45, 7) is 7.92. The molecule has 1 fully saturated rings. The van der Waals surface area contributed by atoms with Crippen LogP contribution < -0.4 is 5.32 Å². The highest BCUT2D eigenvalue weighted by molar-refractivity contribution is 5.75. The van der Waals surface area contributed by atoms with Gasteiger partial charge in [-0.3, -0.25) is 0 Å². The van der Waals surface area contributed by atoms with Crippen molar-refractivity contribution in [3.05, 3.63) is 11.8 Å². The number of piperidine rings is 1. The van der Waals surface area contributed by atoms with Gasteiger partial charge in [0.2, 0.25) is 0 Å². The van der Waals surface area contributed by atoms with E-state index in [4.69, 9.17) is 0 Å². The number of rotatable bonds is 1. The molecule has 3 nitrogen and oxygen atoms in total. The van der Waals surface area contributed by atoms with Crippen LogP contribution in [0.25, 0.3) is 0 Å². The number of nitrogens with one attached hydrogen (secondary N) is 1. The molecule has 1 aliphatic heterocycles. The first-order chi connectivity index (χ1) is 6.59. The Morgan fingerprint density at radius 3 is 2.79 bits per heavy atom. The van der Waals surface area contributed by atoms with Gasteiger partial charge < -0.3 is 10.2 Å². The van der Waals surface area contributed by atoms with E-state index in [9.17, 15) is 4.79 Å². The molecule has 14 heavy (non-hydrogen) atoms. The highest BCUT2D eigenvalue weighted by Gasteiger charge is 2.19. The van der Waals surface area contributed by atoms with Gasteiger partial charge in [0, 0.05) is 19.3 Å². The fourth-order valence-electron chi connectivity index (χ4n) is 1.67. The maximum atomic E-state index is 11.6. The zero-order valence-electron chi connectivity index (χ0n) is 9.34. The Morgan fingerprint density at radius 2 is 2.21 bits per heavy atom. The first-order valence-electron chi connectivity index (χ1n) is 5.28. The Hall–Kier alpha value is -0.990. The van der Waals surface area contributed by atoms with Crippen LogP contribution in [0.3, 0.4) is 0 Å². The second-order valence-electron chi connectivity index (χ2n) is 4.36. The van der Waals surface area contributed by atoms with E-state index in [1.54, 1.807) is 6.20 Å². The third-order valence-electron chi connectivity index (χ3n) is 2.43. The van der Waals surface area contributed by atoms with E-state index in [1.165, 1.54) is 6.42 Å². The number of hydrogen-bond acceptors (Lipinski definition) is 1. The lowest BCUT2D eigenvalue weighted by molar-refractivity contribution is 0.173. The number of carbonyl (C=O) groups is 1. The molecule has 1 rings (SSSR count). The highest BCUT2D eigenvalue weighted by atomic mass is 16.2. The van der Waals surface area contributed by atoms with Crippen molar-refractivity contribution in [3.8, 4) is 0 Å². The first kappa shape index (κ1) is 11.1. The van der Waals surface area contributed by atoms with Crippen LogP contribution in [0.4, 0.5) is 4.79 Å². The molecule has 0 saturated carbocycles. The van der Waals surface area contributed by atoms with Crippen molar-refractivity contribution in [2.24, 2.45) is 5.92 Å². The Kier molecular flexibility index (Phi) is 3.98. The van der Waals surface area contributed by atoms with Crippen LogP contribution in [0.1, 0.15) is 33.6 Å². The van der Waals surface area contributed by atoms with Gasteiger partial charge in [0.1, 0.15) is 0 Å². The number of carbonyl (C=O) groups excluding carboxylic acids is 1. The zero-order valence-corrected chi connectivity index (χ0v) is 9.34. The first-order valence-corrected chi connectivity index (χ1v) is 5.28. The minimum Gasteiger partial charge on any atom is -0.324 e. The number of urea groups is 1. The smallest absolute Gasteiger partial charge is 0.321 e. The third-order valence-corrected chi connectivity index (χ3v) is 2.43. The maximum absolute atomic E-state index is 11.6. The minimum absolute atomic E-state index is 0.0396. The van der Waals surface area contributed by atoms with Crippen molar-refractivity contribution < 1.29 is 4.79 Å². The molecule has 1 aliphatic rings. The Bertz CT molecular complexity index is 231. The molecule has 1 unspecified atom stereocenters. The summed E-state index contributed by atoms with van der Waals surface area (Å²) in [4.78, 5) is 13.5. The molecule has 0 bridgehead atoms. The summed E-state index contributed by atoms with van der Waals surface area (Å²) in [5.74, 6) is 0.640. The summed E-state index contributed by atoms with van der Waals surface area (Å²) in [6.07, 6.45) is 4.14. The van der Waals surface area contributed by atoms with Gasteiger partial charge in [-0.2, -0.15) is 0 Å². The van der Waals surface area contributed by atoms with Gasteiger partial charge in [-0.15, -0.1) is 0 Å². The lowest BCUT2D eigenvalue weighted by Gasteiger charge is -2.30. The molecule has 3 heteroatoms. The van der Waals surface area contributed by atoms with Gasteiger partial charge in [-0.25, -0.2) is 4.79 Å². The number of nitrogens with zero attached hydrogens (tertiary/aromatic N) is 1. The van der Waals surface area contributed by atoms with Crippen molar-refractivity contribution in [2.75, 3.05) is 13.1 Å². The molecule has 0 aromatic heterocycles. The predicted octanol–water partition coefficient (Wildman–Crippen LogP) is 2.35. The van der Waals surface area contributed by atoms with Crippen molar-refractivity contribution in [1.82, 2.24) is 10.2 Å². The second kappa shape index (κ2) is 5.03. The largest absolute Gasteiger partial charge is 0.324 e. The topological polar surface area (TPSA) is 32.3 Å². The van der Waals surface area contributed by atoms with Crippen LogP contribution in [-0.4, -0.2) is 24.0 Å². The van der Waals surface area contributed by atoms with Crippen LogP contribution in [0.15, 0.2) is 11.8 Å². The molecule has 2 amide bonds. The molecule has 0 radical (unpaired) electrons. The molecule has 0 aliphatic carbocycles. The average Bonchev–Trinajstić information content (AvgIpc) is 2.14. The molecule has 1 heterocycles. The van der Waals surface area contributed by atoms with Crippen LogP contribution in [0.2, 0.25) is 0 Å². The standard InChI is InChI=1S/C11H20N2O/c1-9(2)7-12-11(14)13-6-4-5-10(3)8-13/h7,10H,4-6,8H2,1-3H3,(H,12,14). The van der Waals surface area contributed by atoms with Gasteiger partial charge in [0.05, 0.1) is 0 Å². The maximum Gasteiger partial charge on any atom is 0.321 e. The van der Waals surface area contributed by atoms with E-state index >= 15 is 0 Å². The van der Waals surface area contributed by atoms with E-state index in [1.807, 2.05) is 18.7 Å². The average molecular weight is 196 g/mol. The van der Waals surface area contributed by atoms with Gasteiger partial charge in [-0.05, 0) is 32.6 Å². The molecule has 1 saturated heterocycles. The van der Waals surface area contributed by atoms with E-state index in [0.29, 0.717) is 5.92 Å². The predicted molar refractivity (Wildman–Crippen MR) is 57.9 cm³/mol. The number of allylic oxidation sites excluding steroid dienone is 1. The van der Waals surface area contributed by atoms with E-state index in [2.05, 4.69) is 12.2 Å². The molecule has 0 aromatic rings. The summed E-state index contributed by atoms with van der Waals surface area (Å²) in [7, 11) is 0. The fourth-order valence-corrected chi connectivity index (χ4v) is 1.67. The summed E-state index contributed by atoms with van der Waals surface area (Å²) in [6, 6.07) is 0.0396. The quantitative estimate of drug-likeness (QED) is 0.686. The minimum atomic E-state index is 0.0396. The summed E-state index contributed by atoms with van der Waals surface area (Å²) in [5.41, 5.74) is 1.11. The van der Waals surface area contributed by atoms with Crippen molar-refractivity contribution in [3.63, 3.8) is 0 Å². The third kappa shape index (κ3) is 3.40. The van der Waals surface area contributed by atoms with Crippen molar-refractivity contribution >= 4 is 6.03 Å². The number of likely N-dealkylation sites (tertiary alicyclic amines) is 1. The zero-order chi connectivity index (χ0) is 10.6. The fraction of sp³-hybridized carbons (Fsp3) is 0.727. The molecule has 1 N–H and O–H groups in total. The number of hydrogen-bond donors (Lipinski definition) is 1. The Labute approximate surface area is 86.2 Å². The molecule has 1 atom stereocenters. The summed E-state index contributed by atoms with van der Waals surface area (Å²) in [5, 5.41) is 2.80. The van der Waals surface area contributed by atoms with Crippen molar-refractivity contribution in [2.45, 2.75) is 33.6 Å². The summed E-state index contributed by atoms with van der Waals surface area (Å²) < 4.78 is 0. The van der Waals surface area contributed by atoms with Gasteiger partial charge in [0.15, 0.2) is 0 Å². The van der Waals surface area contributed by atoms with Crippen LogP contribution >= 0.6 is 0 Å². The van der Waals surface area contributed by atoms with Crippen LogP contribution in [0, 0.1) is 5.92 Å². The normalized spacial score (nSPS) is 21.6. The van der Waals surface area contributed by atoms with E-state index in [-0.39, 0.29) is 6.03 Å². The Morgan fingerprint density at radius 1 is 1.50 bits per heavy atom. The van der Waals surface area contributed by atoms with E-state index in [0.717, 1.165) is 25.1 Å². The molecule has 80 valence electrons. The lowest BCUT2D eigenvalue weighted by Crippen LogP contribution is -2.43. The highest BCUT2D eigenvalue weighted by Crippen LogP contribution is 2.15. The van der Waals surface area contributed by atoms with Gasteiger partial charge in [0.25, 0.3) is 0 Å². The molecule has 0 spiro atoms. The monoisotopic (exact) mass is 196 g/mol. The van der Waals surface area contributed by atoms with Crippen LogP contribution in [0.5, 0.6) is 0 Å². The van der Waals surface area contributed by atoms with E-state index < -0.39 is 0 Å². The van der Waals surface area contributed by atoms with Crippen molar-refractivity contribution in [1.29, 1.82) is 0 Å². The molecular formula is C11H20N2O. The number of amides is 2. The van der Waals surface area contributed by atoms with Crippen LogP contribution in [-0.2, 0) is 0 Å². The van der Waals surface area contributed by atoms with Gasteiger partial charge >= 0.3 is 6.03 Å². The molecule has 0 aromatic carbocycles. The summed E-state index contributed by atoms with van der Waals surface area (Å²) >= 11 is 0. The Balaban J connectivity index is 2.40. The second-order valence-corrected chi connectivity index (χ2v) is 4.36. The van der Waals surface area contributed by atoms with Gasteiger partial charge in [-0.1, -0.05) is 12.5 Å². The lowest BCUT2D eigenvalue weighted by atomic mass is 10.0. The molecular weight excluding hydrogens is 176 g/mol.